The van der Waals surface area contributed by atoms with E-state index >= 15 is 0 Å². The van der Waals surface area contributed by atoms with Crippen LogP contribution in [0.2, 0.25) is 0 Å². The Kier molecular flexibility index (Phi) is 4.12. The van der Waals surface area contributed by atoms with Crippen molar-refractivity contribution in [2.45, 2.75) is 65.8 Å². The number of methoxy groups -OCH3 is 1. The van der Waals surface area contributed by atoms with Gasteiger partial charge in [-0.25, -0.2) is 0 Å². The topological polar surface area (TPSA) is 24.6 Å². The monoisotopic (exact) mass is 263 g/mol. The van der Waals surface area contributed by atoms with Gasteiger partial charge in [-0.15, -0.1) is 0 Å². The summed E-state index contributed by atoms with van der Waals surface area (Å²) in [6.07, 6.45) is 7.85. The summed E-state index contributed by atoms with van der Waals surface area (Å²) in [5.41, 5.74) is 2.79. The van der Waals surface area contributed by atoms with Gasteiger partial charge in [-0.1, -0.05) is 18.5 Å². The number of hydrazone groups is 1. The van der Waals surface area contributed by atoms with E-state index in [1.54, 1.807) is 7.11 Å². The van der Waals surface area contributed by atoms with Gasteiger partial charge < -0.3 is 4.74 Å². The third kappa shape index (κ3) is 3.46. The molecule has 2 rings (SSSR count). The molecule has 0 aromatic rings. The summed E-state index contributed by atoms with van der Waals surface area (Å²) < 4.78 is 7.68. The fourth-order valence-electron chi connectivity index (χ4n) is 3.10. The molecule has 0 radical (unpaired) electrons. The lowest BCUT2D eigenvalue weighted by Gasteiger charge is -2.29. The Hall–Kier alpha value is -1.12. The zero-order valence-electron chi connectivity index (χ0n) is 13.0. The van der Waals surface area contributed by atoms with Gasteiger partial charge in [0.25, 0.3) is 0 Å². The minimum atomic E-state index is 0.242. The normalized spacial score (nSPS) is 29.4. The SMILES string of the molecule is COC1=C/C(=N/[N+]2=C(C)CCCC2C)CC(C)(C)C1. The van der Waals surface area contributed by atoms with Gasteiger partial charge >= 0.3 is 0 Å². The summed E-state index contributed by atoms with van der Waals surface area (Å²) in [6.45, 7) is 9.03. The van der Waals surface area contributed by atoms with Gasteiger partial charge in [0.05, 0.1) is 12.9 Å². The Morgan fingerprint density at radius 3 is 2.74 bits per heavy atom. The lowest BCUT2D eigenvalue weighted by molar-refractivity contribution is -0.574. The quantitative estimate of drug-likeness (QED) is 0.697. The van der Waals surface area contributed by atoms with Crippen LogP contribution >= 0.6 is 0 Å². The first-order valence-electron chi connectivity index (χ1n) is 7.35. The molecule has 0 aromatic heterocycles. The number of rotatable bonds is 2. The molecule has 0 saturated heterocycles. The van der Waals surface area contributed by atoms with E-state index in [1.165, 1.54) is 25.0 Å². The zero-order valence-corrected chi connectivity index (χ0v) is 13.0. The van der Waals surface area contributed by atoms with Crippen molar-refractivity contribution in [3.05, 3.63) is 11.8 Å². The zero-order chi connectivity index (χ0) is 14.0. The van der Waals surface area contributed by atoms with Crippen molar-refractivity contribution in [2.75, 3.05) is 7.11 Å². The molecule has 0 saturated carbocycles. The van der Waals surface area contributed by atoms with Crippen LogP contribution in [0.25, 0.3) is 0 Å². The first-order chi connectivity index (χ1) is 8.91. The number of nitrogens with zero attached hydrogens (tertiary/aromatic N) is 2. The van der Waals surface area contributed by atoms with Crippen molar-refractivity contribution in [1.82, 2.24) is 0 Å². The van der Waals surface area contributed by atoms with E-state index in [4.69, 9.17) is 9.84 Å². The van der Waals surface area contributed by atoms with Crippen molar-refractivity contribution in [3.8, 4) is 0 Å². The number of hydrogen-bond acceptors (Lipinski definition) is 2. The highest BCUT2D eigenvalue weighted by Gasteiger charge is 2.30. The number of allylic oxidation sites excluding steroid dienone is 2. The van der Waals surface area contributed by atoms with Crippen LogP contribution in [0, 0.1) is 5.41 Å². The third-order valence-electron chi connectivity index (χ3n) is 4.11. The maximum atomic E-state index is 5.45. The van der Waals surface area contributed by atoms with Crippen LogP contribution in [0.5, 0.6) is 0 Å². The van der Waals surface area contributed by atoms with Crippen molar-refractivity contribution < 1.29 is 9.42 Å². The lowest BCUT2D eigenvalue weighted by atomic mass is 9.79. The maximum Gasteiger partial charge on any atom is 0.182 e. The predicted octanol–water partition coefficient (Wildman–Crippen LogP) is 3.74. The highest BCUT2D eigenvalue weighted by atomic mass is 16.5. The Morgan fingerprint density at radius 2 is 2.11 bits per heavy atom. The van der Waals surface area contributed by atoms with Crippen LogP contribution in [0.1, 0.15) is 59.8 Å². The molecular weight excluding hydrogens is 236 g/mol. The molecule has 19 heavy (non-hydrogen) atoms. The van der Waals surface area contributed by atoms with Gasteiger partial charge in [-0.2, -0.15) is 0 Å². The van der Waals surface area contributed by atoms with Crippen molar-refractivity contribution in [2.24, 2.45) is 10.5 Å². The molecule has 3 nitrogen and oxygen atoms in total. The molecule has 1 aliphatic heterocycles. The summed E-state index contributed by atoms with van der Waals surface area (Å²) in [5, 5.41) is 4.91. The van der Waals surface area contributed by atoms with Crippen LogP contribution in [0.4, 0.5) is 0 Å². The fourth-order valence-corrected chi connectivity index (χ4v) is 3.10. The first kappa shape index (κ1) is 14.3. The molecule has 0 spiro atoms. The van der Waals surface area contributed by atoms with E-state index in [1.807, 2.05) is 0 Å². The van der Waals surface area contributed by atoms with E-state index in [-0.39, 0.29) is 5.41 Å². The second kappa shape index (κ2) is 5.48. The molecule has 1 heterocycles. The van der Waals surface area contributed by atoms with Gasteiger partial charge in [0, 0.05) is 45.6 Å². The molecule has 0 fully saturated rings. The second-order valence-corrected chi connectivity index (χ2v) is 6.74. The lowest BCUT2D eigenvalue weighted by Crippen LogP contribution is -2.31. The van der Waals surface area contributed by atoms with Crippen LogP contribution in [-0.2, 0) is 4.74 Å². The average molecular weight is 263 g/mol. The van der Waals surface area contributed by atoms with E-state index in [0.29, 0.717) is 6.04 Å². The molecule has 1 unspecified atom stereocenters. The van der Waals surface area contributed by atoms with Crippen LogP contribution in [-0.4, -0.2) is 29.3 Å². The van der Waals surface area contributed by atoms with Crippen molar-refractivity contribution >= 4 is 11.4 Å². The molecule has 3 heteroatoms. The van der Waals surface area contributed by atoms with Gasteiger partial charge in [-0.3, -0.25) is 0 Å². The molecule has 0 amide bonds. The van der Waals surface area contributed by atoms with E-state index in [2.05, 4.69) is 38.5 Å². The molecule has 1 aliphatic carbocycles. The van der Waals surface area contributed by atoms with Gasteiger partial charge in [0.15, 0.2) is 11.8 Å². The maximum absolute atomic E-state index is 5.45. The Labute approximate surface area is 117 Å². The molecule has 1 atom stereocenters. The first-order valence-corrected chi connectivity index (χ1v) is 7.35. The van der Waals surface area contributed by atoms with E-state index < -0.39 is 0 Å². The summed E-state index contributed by atoms with van der Waals surface area (Å²) in [4.78, 5) is 0. The summed E-state index contributed by atoms with van der Waals surface area (Å²) >= 11 is 0. The van der Waals surface area contributed by atoms with Crippen LogP contribution in [0.15, 0.2) is 16.9 Å². The Morgan fingerprint density at radius 1 is 1.37 bits per heavy atom. The van der Waals surface area contributed by atoms with Gasteiger partial charge in [0.1, 0.15) is 5.71 Å². The highest BCUT2D eigenvalue weighted by molar-refractivity contribution is 5.96. The van der Waals surface area contributed by atoms with Gasteiger partial charge in [-0.05, 0) is 16.9 Å². The number of hydrogen-bond donors (Lipinski definition) is 0. The van der Waals surface area contributed by atoms with Crippen LogP contribution in [0.3, 0.4) is 0 Å². The third-order valence-corrected chi connectivity index (χ3v) is 4.11. The minimum absolute atomic E-state index is 0.242. The molecule has 0 aromatic carbocycles. The summed E-state index contributed by atoms with van der Waals surface area (Å²) in [7, 11) is 1.76. The molecule has 106 valence electrons. The number of ether oxygens (including phenoxy) is 1. The Balaban J connectivity index is 2.32. The standard InChI is InChI=1S/C16H27N2O/c1-12-7-6-8-13(2)18(12)17-14-9-15(19-5)11-16(3,4)10-14/h9,12H,6-8,10-11H2,1-5H3/q+1/b17-14-. The molecule has 0 N–H and O–H groups in total. The second-order valence-electron chi connectivity index (χ2n) is 6.74. The highest BCUT2D eigenvalue weighted by Crippen LogP contribution is 2.34. The van der Waals surface area contributed by atoms with Gasteiger partial charge in [0.2, 0.25) is 0 Å². The fraction of sp³-hybridized carbons (Fsp3) is 0.750. The molecular formula is C16H27N2O+. The molecule has 2 aliphatic rings. The Bertz CT molecular complexity index is 444. The average Bonchev–Trinajstić information content (AvgIpc) is 2.32. The van der Waals surface area contributed by atoms with Crippen LogP contribution < -0.4 is 0 Å². The largest absolute Gasteiger partial charge is 0.501 e. The van der Waals surface area contributed by atoms with E-state index in [0.717, 1.165) is 24.3 Å². The predicted molar refractivity (Wildman–Crippen MR) is 79.8 cm³/mol. The smallest absolute Gasteiger partial charge is 0.182 e. The molecule has 0 bridgehead atoms. The summed E-state index contributed by atoms with van der Waals surface area (Å²) in [6, 6.07) is 0.519. The van der Waals surface area contributed by atoms with Crippen molar-refractivity contribution in [1.29, 1.82) is 0 Å². The minimum Gasteiger partial charge on any atom is -0.501 e. The van der Waals surface area contributed by atoms with E-state index in [9.17, 15) is 0 Å². The summed E-state index contributed by atoms with van der Waals surface area (Å²) in [5.74, 6) is 1.05. The van der Waals surface area contributed by atoms with Crippen molar-refractivity contribution in [3.63, 3.8) is 0 Å².